The number of benzene rings is 2. The highest BCUT2D eigenvalue weighted by Gasteiger charge is 2.03. The smallest absolute Gasteiger partial charge is 0.277 e. The molecule has 0 fully saturated rings. The van der Waals surface area contributed by atoms with Crippen molar-refractivity contribution in [3.63, 3.8) is 0 Å². The Balaban J connectivity index is 1.84. The van der Waals surface area contributed by atoms with Crippen molar-refractivity contribution in [3.05, 3.63) is 54.6 Å². The summed E-state index contributed by atoms with van der Waals surface area (Å²) >= 11 is 0. The van der Waals surface area contributed by atoms with Crippen LogP contribution < -0.4 is 10.2 Å². The number of carbonyl (C=O) groups is 1. The van der Waals surface area contributed by atoms with Gasteiger partial charge in [0, 0.05) is 5.71 Å². The predicted molar refractivity (Wildman–Crippen MR) is 93.5 cm³/mol. The van der Waals surface area contributed by atoms with E-state index in [1.807, 2.05) is 49.4 Å². The molecule has 4 heteroatoms. The molecule has 120 valence electrons. The Kier molecular flexibility index (Phi) is 6.36. The van der Waals surface area contributed by atoms with E-state index < -0.39 is 0 Å². The molecule has 4 nitrogen and oxygen atoms in total. The molecule has 0 atom stereocenters. The standard InChI is InChI=1S/C19H22N2O2/c1-3-7-15(2)20-21-19(22)14-23-18-12-10-17(11-13-18)16-8-5-4-6-9-16/h4-6,8-13H,3,7,14H2,1-2H3,(H,21,22)/b20-15+. The van der Waals surface area contributed by atoms with Crippen molar-refractivity contribution in [1.29, 1.82) is 0 Å². The molecule has 2 aromatic carbocycles. The van der Waals surface area contributed by atoms with E-state index in [0.29, 0.717) is 5.75 Å². The van der Waals surface area contributed by atoms with Crippen molar-refractivity contribution in [2.24, 2.45) is 5.10 Å². The van der Waals surface area contributed by atoms with E-state index in [1.54, 1.807) is 0 Å². The molecule has 0 aliphatic rings. The second-order valence-corrected chi connectivity index (χ2v) is 5.31. The molecule has 0 aromatic heterocycles. The second-order valence-electron chi connectivity index (χ2n) is 5.31. The Morgan fingerprint density at radius 3 is 2.35 bits per heavy atom. The molecule has 0 aliphatic heterocycles. The number of rotatable bonds is 7. The topological polar surface area (TPSA) is 50.7 Å². The highest BCUT2D eigenvalue weighted by Crippen LogP contribution is 2.21. The number of nitrogens with one attached hydrogen (secondary N) is 1. The van der Waals surface area contributed by atoms with Crippen LogP contribution in [0.3, 0.4) is 0 Å². The van der Waals surface area contributed by atoms with E-state index in [0.717, 1.165) is 29.7 Å². The van der Waals surface area contributed by atoms with E-state index in [-0.39, 0.29) is 12.5 Å². The Labute approximate surface area is 137 Å². The van der Waals surface area contributed by atoms with Crippen LogP contribution in [0.1, 0.15) is 26.7 Å². The lowest BCUT2D eigenvalue weighted by Crippen LogP contribution is -2.25. The maximum absolute atomic E-state index is 11.7. The first-order valence-corrected chi connectivity index (χ1v) is 7.79. The maximum Gasteiger partial charge on any atom is 0.277 e. The van der Waals surface area contributed by atoms with Crippen molar-refractivity contribution >= 4 is 11.6 Å². The zero-order valence-electron chi connectivity index (χ0n) is 13.6. The summed E-state index contributed by atoms with van der Waals surface area (Å²) in [6, 6.07) is 17.8. The summed E-state index contributed by atoms with van der Waals surface area (Å²) in [5, 5.41) is 4.02. The molecule has 2 aromatic rings. The van der Waals surface area contributed by atoms with Gasteiger partial charge in [0.2, 0.25) is 0 Å². The van der Waals surface area contributed by atoms with Crippen LogP contribution in [-0.4, -0.2) is 18.2 Å². The predicted octanol–water partition coefficient (Wildman–Crippen LogP) is 4.02. The molecule has 23 heavy (non-hydrogen) atoms. The Morgan fingerprint density at radius 1 is 1.04 bits per heavy atom. The number of carbonyl (C=O) groups excluding carboxylic acids is 1. The lowest BCUT2D eigenvalue weighted by atomic mass is 10.1. The van der Waals surface area contributed by atoms with Gasteiger partial charge in [0.25, 0.3) is 5.91 Å². The van der Waals surface area contributed by atoms with E-state index in [4.69, 9.17) is 4.74 Å². The first-order valence-electron chi connectivity index (χ1n) is 7.79. The zero-order chi connectivity index (χ0) is 16.5. The third-order valence-electron chi connectivity index (χ3n) is 3.31. The first-order chi connectivity index (χ1) is 11.2. The second kappa shape index (κ2) is 8.73. The maximum atomic E-state index is 11.7. The van der Waals surface area contributed by atoms with E-state index >= 15 is 0 Å². The van der Waals surface area contributed by atoms with Crippen molar-refractivity contribution in [1.82, 2.24) is 5.43 Å². The SMILES string of the molecule is CCC/C(C)=N/NC(=O)COc1ccc(-c2ccccc2)cc1. The number of hydrazone groups is 1. The minimum Gasteiger partial charge on any atom is -0.484 e. The van der Waals surface area contributed by atoms with Crippen molar-refractivity contribution < 1.29 is 9.53 Å². The van der Waals surface area contributed by atoms with Crippen LogP contribution in [0.15, 0.2) is 59.7 Å². The number of ether oxygens (including phenoxy) is 1. The van der Waals surface area contributed by atoms with Gasteiger partial charge in [0.05, 0.1) is 0 Å². The van der Waals surface area contributed by atoms with Crippen LogP contribution in [0, 0.1) is 0 Å². The molecule has 0 unspecified atom stereocenters. The normalized spacial score (nSPS) is 11.1. The van der Waals surface area contributed by atoms with Gasteiger partial charge < -0.3 is 4.74 Å². The van der Waals surface area contributed by atoms with E-state index in [9.17, 15) is 4.79 Å². The fourth-order valence-corrected chi connectivity index (χ4v) is 2.13. The average molecular weight is 310 g/mol. The van der Waals surface area contributed by atoms with Gasteiger partial charge in [-0.15, -0.1) is 0 Å². The lowest BCUT2D eigenvalue weighted by Gasteiger charge is -2.07. The molecule has 0 heterocycles. The van der Waals surface area contributed by atoms with E-state index in [1.165, 1.54) is 0 Å². The minimum atomic E-state index is -0.257. The molecular formula is C19H22N2O2. The molecule has 0 aliphatic carbocycles. The summed E-state index contributed by atoms with van der Waals surface area (Å²) in [4.78, 5) is 11.7. The molecule has 0 bridgehead atoms. The van der Waals surface area contributed by atoms with Gasteiger partial charge in [-0.05, 0) is 36.6 Å². The molecule has 0 spiro atoms. The van der Waals surface area contributed by atoms with Gasteiger partial charge in [-0.3, -0.25) is 4.79 Å². The van der Waals surface area contributed by atoms with Crippen LogP contribution in [-0.2, 0) is 4.79 Å². The van der Waals surface area contributed by atoms with E-state index in [2.05, 4.69) is 29.6 Å². The molecule has 0 radical (unpaired) electrons. The summed E-state index contributed by atoms with van der Waals surface area (Å²) in [6.45, 7) is 3.92. The monoisotopic (exact) mass is 310 g/mol. The quantitative estimate of drug-likeness (QED) is 0.620. The van der Waals surface area contributed by atoms with Crippen molar-refractivity contribution in [2.45, 2.75) is 26.7 Å². The Bertz CT molecular complexity index is 649. The summed E-state index contributed by atoms with van der Waals surface area (Å²) < 4.78 is 5.47. The van der Waals surface area contributed by atoms with Crippen LogP contribution in [0.2, 0.25) is 0 Å². The first kappa shape index (κ1) is 16.7. The minimum absolute atomic E-state index is 0.0480. The van der Waals surface area contributed by atoms with Crippen LogP contribution in [0.25, 0.3) is 11.1 Å². The summed E-state index contributed by atoms with van der Waals surface area (Å²) in [6.07, 6.45) is 1.89. The molecule has 0 saturated heterocycles. The molecule has 1 N–H and O–H groups in total. The number of nitrogens with zero attached hydrogens (tertiary/aromatic N) is 1. The lowest BCUT2D eigenvalue weighted by molar-refractivity contribution is -0.123. The summed E-state index contributed by atoms with van der Waals surface area (Å²) in [5.41, 5.74) is 5.67. The van der Waals surface area contributed by atoms with Gasteiger partial charge in [0.15, 0.2) is 6.61 Å². The molecule has 1 amide bonds. The number of hydrogen-bond donors (Lipinski definition) is 1. The Hall–Kier alpha value is -2.62. The van der Waals surface area contributed by atoms with Gasteiger partial charge in [-0.2, -0.15) is 5.10 Å². The average Bonchev–Trinajstić information content (AvgIpc) is 2.59. The number of amides is 1. The molecule has 2 rings (SSSR count). The largest absolute Gasteiger partial charge is 0.484 e. The van der Waals surface area contributed by atoms with Gasteiger partial charge in [0.1, 0.15) is 5.75 Å². The highest BCUT2D eigenvalue weighted by molar-refractivity contribution is 5.84. The third kappa shape index (κ3) is 5.58. The Morgan fingerprint density at radius 2 is 1.70 bits per heavy atom. The van der Waals surface area contributed by atoms with Crippen LogP contribution in [0.5, 0.6) is 5.75 Å². The van der Waals surface area contributed by atoms with Crippen molar-refractivity contribution in [2.75, 3.05) is 6.61 Å². The molecular weight excluding hydrogens is 288 g/mol. The van der Waals surface area contributed by atoms with Crippen molar-refractivity contribution in [3.8, 4) is 16.9 Å². The summed E-state index contributed by atoms with van der Waals surface area (Å²) in [5.74, 6) is 0.404. The fourth-order valence-electron chi connectivity index (χ4n) is 2.13. The van der Waals surface area contributed by atoms with Gasteiger partial charge in [-0.25, -0.2) is 5.43 Å². The summed E-state index contributed by atoms with van der Waals surface area (Å²) in [7, 11) is 0. The molecule has 0 saturated carbocycles. The number of hydrogen-bond acceptors (Lipinski definition) is 3. The fraction of sp³-hybridized carbons (Fsp3) is 0.263. The van der Waals surface area contributed by atoms with Gasteiger partial charge >= 0.3 is 0 Å². The van der Waals surface area contributed by atoms with Crippen LogP contribution >= 0.6 is 0 Å². The third-order valence-corrected chi connectivity index (χ3v) is 3.31. The van der Waals surface area contributed by atoms with Crippen LogP contribution in [0.4, 0.5) is 0 Å². The zero-order valence-corrected chi connectivity index (χ0v) is 13.6. The van der Waals surface area contributed by atoms with Gasteiger partial charge in [-0.1, -0.05) is 55.8 Å². The highest BCUT2D eigenvalue weighted by atomic mass is 16.5.